The van der Waals surface area contributed by atoms with Crippen molar-refractivity contribution in [1.29, 1.82) is 0 Å². The monoisotopic (exact) mass is 270 g/mol. The van der Waals surface area contributed by atoms with Crippen LogP contribution in [0.5, 0.6) is 0 Å². The maximum Gasteiger partial charge on any atom is 0.307 e. The van der Waals surface area contributed by atoms with Gasteiger partial charge in [0.2, 0.25) is 5.91 Å². The van der Waals surface area contributed by atoms with Gasteiger partial charge in [-0.15, -0.1) is 0 Å². The molecule has 0 bridgehead atoms. The Morgan fingerprint density at radius 2 is 2.05 bits per heavy atom. The van der Waals surface area contributed by atoms with E-state index < -0.39 is 11.9 Å². The second kappa shape index (κ2) is 4.92. The zero-order valence-electron chi connectivity index (χ0n) is 10.7. The molecule has 3 rings (SSSR count). The van der Waals surface area contributed by atoms with Gasteiger partial charge in [-0.3, -0.25) is 14.6 Å². The molecule has 1 aromatic heterocycles. The molecule has 2 aromatic rings. The van der Waals surface area contributed by atoms with Crippen molar-refractivity contribution in [3.63, 3.8) is 0 Å². The number of hydrogen-bond acceptors (Lipinski definition) is 3. The lowest BCUT2D eigenvalue weighted by Gasteiger charge is -2.07. The van der Waals surface area contributed by atoms with Gasteiger partial charge < -0.3 is 10.4 Å². The van der Waals surface area contributed by atoms with E-state index in [2.05, 4.69) is 10.3 Å². The highest BCUT2D eigenvalue weighted by Crippen LogP contribution is 2.38. The molecule has 5 nitrogen and oxygen atoms in total. The molecule has 0 saturated heterocycles. The van der Waals surface area contributed by atoms with Crippen LogP contribution in [0.3, 0.4) is 0 Å². The molecule has 5 heteroatoms. The molecule has 102 valence electrons. The summed E-state index contributed by atoms with van der Waals surface area (Å²) in [6, 6.07) is 9.64. The van der Waals surface area contributed by atoms with Gasteiger partial charge in [0.15, 0.2) is 0 Å². The van der Waals surface area contributed by atoms with Gasteiger partial charge >= 0.3 is 5.97 Å². The maximum atomic E-state index is 11.8. The molecular formula is C15H14N2O3. The number of hydrogen-bond donors (Lipinski definition) is 2. The maximum absolute atomic E-state index is 11.8. The fraction of sp³-hybridized carbons (Fsp3) is 0.267. The molecular weight excluding hydrogens is 256 g/mol. The summed E-state index contributed by atoms with van der Waals surface area (Å²) in [5, 5.41) is 12.6. The fourth-order valence-electron chi connectivity index (χ4n) is 2.38. The van der Waals surface area contributed by atoms with E-state index in [1.807, 2.05) is 30.3 Å². The first-order valence-corrected chi connectivity index (χ1v) is 6.50. The fourth-order valence-corrected chi connectivity index (χ4v) is 2.38. The summed E-state index contributed by atoms with van der Waals surface area (Å²) >= 11 is 0. The van der Waals surface area contributed by atoms with Gasteiger partial charge in [-0.1, -0.05) is 24.3 Å². The van der Waals surface area contributed by atoms with E-state index in [4.69, 9.17) is 5.11 Å². The van der Waals surface area contributed by atoms with Gasteiger partial charge in [-0.05, 0) is 18.1 Å². The number of para-hydroxylation sites is 1. The van der Waals surface area contributed by atoms with E-state index in [0.29, 0.717) is 13.0 Å². The first kappa shape index (κ1) is 12.6. The Balaban J connectivity index is 1.69. The average Bonchev–Trinajstić information content (AvgIpc) is 3.25. The number of fused-ring (bicyclic) bond motifs is 1. The van der Waals surface area contributed by atoms with Crippen molar-refractivity contribution in [3.05, 3.63) is 42.1 Å². The summed E-state index contributed by atoms with van der Waals surface area (Å²) < 4.78 is 0. The van der Waals surface area contributed by atoms with Crippen molar-refractivity contribution in [2.24, 2.45) is 11.8 Å². The van der Waals surface area contributed by atoms with E-state index in [0.717, 1.165) is 16.5 Å². The van der Waals surface area contributed by atoms with Crippen molar-refractivity contribution < 1.29 is 14.7 Å². The third-order valence-corrected chi connectivity index (χ3v) is 3.61. The van der Waals surface area contributed by atoms with Crippen LogP contribution in [0, 0.1) is 11.8 Å². The molecule has 0 unspecified atom stereocenters. The van der Waals surface area contributed by atoms with Crippen LogP contribution in [0.4, 0.5) is 0 Å². The van der Waals surface area contributed by atoms with Gasteiger partial charge in [0, 0.05) is 18.1 Å². The van der Waals surface area contributed by atoms with E-state index in [9.17, 15) is 9.59 Å². The Labute approximate surface area is 115 Å². The Hall–Kier alpha value is -2.43. The summed E-state index contributed by atoms with van der Waals surface area (Å²) in [4.78, 5) is 26.9. The van der Waals surface area contributed by atoms with Crippen LogP contribution >= 0.6 is 0 Å². The molecule has 1 aliphatic carbocycles. The normalized spacial score (nSPS) is 20.6. The average molecular weight is 270 g/mol. The van der Waals surface area contributed by atoms with Crippen LogP contribution in [0.15, 0.2) is 36.5 Å². The van der Waals surface area contributed by atoms with Crippen LogP contribution < -0.4 is 5.32 Å². The number of carbonyl (C=O) groups excluding carboxylic acids is 1. The molecule has 1 amide bonds. The molecule has 0 spiro atoms. The SMILES string of the molecule is O=C(O)[C@H]1C[C@H]1C(=O)NCc1cccc2cccnc12. The minimum atomic E-state index is -0.892. The molecule has 1 fully saturated rings. The Kier molecular flexibility index (Phi) is 3.10. The molecule has 1 aliphatic rings. The van der Waals surface area contributed by atoms with Crippen molar-refractivity contribution in [2.45, 2.75) is 13.0 Å². The van der Waals surface area contributed by atoms with Gasteiger partial charge in [-0.2, -0.15) is 0 Å². The number of pyridine rings is 1. The zero-order valence-corrected chi connectivity index (χ0v) is 10.7. The minimum Gasteiger partial charge on any atom is -0.481 e. The molecule has 0 radical (unpaired) electrons. The van der Waals surface area contributed by atoms with Gasteiger partial charge in [0.25, 0.3) is 0 Å². The lowest BCUT2D eigenvalue weighted by molar-refractivity contribution is -0.140. The third-order valence-electron chi connectivity index (χ3n) is 3.61. The summed E-state index contributed by atoms with van der Waals surface area (Å²) in [6.07, 6.45) is 2.16. The molecule has 0 aliphatic heterocycles. The first-order valence-electron chi connectivity index (χ1n) is 6.50. The number of carboxylic acid groups (broad SMARTS) is 1. The Morgan fingerprint density at radius 1 is 1.25 bits per heavy atom. The van der Waals surface area contributed by atoms with Crippen LogP contribution in [0.25, 0.3) is 10.9 Å². The van der Waals surface area contributed by atoms with Crippen LogP contribution in [-0.2, 0) is 16.1 Å². The summed E-state index contributed by atoms with van der Waals surface area (Å²) in [5.41, 5.74) is 1.80. The number of carbonyl (C=O) groups is 2. The predicted octanol–water partition coefficient (Wildman–Crippen LogP) is 1.57. The standard InChI is InChI=1S/C15H14N2O3/c18-14(11-7-12(11)15(19)20)17-8-10-4-1-3-9-5-2-6-16-13(9)10/h1-6,11-12H,7-8H2,(H,17,18)(H,19,20)/t11-,12+/m1/s1. The topological polar surface area (TPSA) is 79.3 Å². The zero-order chi connectivity index (χ0) is 14.1. The lowest BCUT2D eigenvalue weighted by atomic mass is 10.1. The van der Waals surface area contributed by atoms with Crippen molar-refractivity contribution in [1.82, 2.24) is 10.3 Å². The van der Waals surface area contributed by atoms with E-state index in [-0.39, 0.29) is 11.8 Å². The number of rotatable bonds is 4. The predicted molar refractivity (Wildman–Crippen MR) is 72.8 cm³/mol. The number of benzene rings is 1. The van der Waals surface area contributed by atoms with Gasteiger partial charge in [0.1, 0.15) is 0 Å². The van der Waals surface area contributed by atoms with E-state index in [1.165, 1.54) is 0 Å². The van der Waals surface area contributed by atoms with E-state index in [1.54, 1.807) is 6.20 Å². The molecule has 1 aromatic carbocycles. The van der Waals surface area contributed by atoms with Crippen LogP contribution in [0.2, 0.25) is 0 Å². The third kappa shape index (κ3) is 2.34. The largest absolute Gasteiger partial charge is 0.481 e. The molecule has 2 N–H and O–H groups in total. The second-order valence-electron chi connectivity index (χ2n) is 5.00. The molecule has 20 heavy (non-hydrogen) atoms. The number of amides is 1. The number of aliphatic carboxylic acids is 1. The van der Waals surface area contributed by atoms with Gasteiger partial charge in [-0.25, -0.2) is 0 Å². The smallest absolute Gasteiger partial charge is 0.307 e. The van der Waals surface area contributed by atoms with Crippen LogP contribution in [-0.4, -0.2) is 22.0 Å². The Morgan fingerprint density at radius 3 is 2.80 bits per heavy atom. The van der Waals surface area contributed by atoms with Crippen molar-refractivity contribution >= 4 is 22.8 Å². The summed E-state index contributed by atoms with van der Waals surface area (Å²) in [7, 11) is 0. The van der Waals surface area contributed by atoms with Crippen LogP contribution in [0.1, 0.15) is 12.0 Å². The molecule has 2 atom stereocenters. The van der Waals surface area contributed by atoms with Gasteiger partial charge in [0.05, 0.1) is 17.4 Å². The van der Waals surface area contributed by atoms with E-state index >= 15 is 0 Å². The molecule has 1 saturated carbocycles. The summed E-state index contributed by atoms with van der Waals surface area (Å²) in [6.45, 7) is 0.371. The minimum absolute atomic E-state index is 0.190. The van der Waals surface area contributed by atoms with Crippen molar-refractivity contribution in [2.75, 3.05) is 0 Å². The highest BCUT2D eigenvalue weighted by Gasteiger charge is 2.48. The second-order valence-corrected chi connectivity index (χ2v) is 5.00. The lowest BCUT2D eigenvalue weighted by Crippen LogP contribution is -2.26. The number of aromatic nitrogens is 1. The first-order chi connectivity index (χ1) is 9.66. The van der Waals surface area contributed by atoms with Crippen molar-refractivity contribution in [3.8, 4) is 0 Å². The highest BCUT2D eigenvalue weighted by atomic mass is 16.4. The quantitative estimate of drug-likeness (QED) is 0.883. The molecule has 1 heterocycles. The number of nitrogens with zero attached hydrogens (tertiary/aromatic N) is 1. The number of nitrogens with one attached hydrogen (secondary N) is 1. The highest BCUT2D eigenvalue weighted by molar-refractivity contribution is 5.89. The number of carboxylic acids is 1. The summed E-state index contributed by atoms with van der Waals surface area (Å²) in [5.74, 6) is -1.97. The Bertz CT molecular complexity index is 678.